The smallest absolute Gasteiger partial charge is 0.189 e. The Morgan fingerprint density at radius 2 is 2.17 bits per heavy atom. The van der Waals surface area contributed by atoms with Crippen LogP contribution >= 0.6 is 11.8 Å². The largest absolute Gasteiger partial charge is 0.287 e. The van der Waals surface area contributed by atoms with Crippen LogP contribution in [0.1, 0.15) is 45.4 Å². The third-order valence-corrected chi connectivity index (χ3v) is 3.41. The molecule has 12 heavy (non-hydrogen) atoms. The van der Waals surface area contributed by atoms with Crippen LogP contribution in [0.2, 0.25) is 0 Å². The average Bonchev–Trinajstić information content (AvgIpc) is 2.06. The van der Waals surface area contributed by atoms with Crippen LogP contribution in [0.4, 0.5) is 0 Å². The molecule has 2 heteroatoms. The maximum atomic E-state index is 11.3. The Morgan fingerprint density at radius 1 is 1.50 bits per heavy atom. The van der Waals surface area contributed by atoms with Crippen LogP contribution in [0.3, 0.4) is 0 Å². The fourth-order valence-electron chi connectivity index (χ4n) is 1.46. The Hall–Kier alpha value is 0.0200. The summed E-state index contributed by atoms with van der Waals surface area (Å²) in [5, 5.41) is 1.01. The monoisotopic (exact) mass is 185 g/mol. The van der Waals surface area contributed by atoms with Gasteiger partial charge < -0.3 is 0 Å². The van der Waals surface area contributed by atoms with Crippen LogP contribution in [0.25, 0.3) is 0 Å². The lowest BCUT2D eigenvalue weighted by Crippen LogP contribution is -2.11. The summed E-state index contributed by atoms with van der Waals surface area (Å²) in [4.78, 5) is 11.3. The summed E-state index contributed by atoms with van der Waals surface area (Å²) in [7, 11) is 0. The van der Waals surface area contributed by atoms with Crippen molar-refractivity contribution >= 4 is 16.9 Å². The molecule has 1 radical (unpaired) electrons. The molecule has 0 unspecified atom stereocenters. The van der Waals surface area contributed by atoms with Crippen molar-refractivity contribution in [2.24, 2.45) is 0 Å². The lowest BCUT2D eigenvalue weighted by atomic mass is 10.0. The van der Waals surface area contributed by atoms with Crippen molar-refractivity contribution in [3.05, 3.63) is 6.42 Å². The van der Waals surface area contributed by atoms with E-state index in [1.54, 1.807) is 11.8 Å². The molecule has 1 aliphatic rings. The van der Waals surface area contributed by atoms with Gasteiger partial charge in [0, 0.05) is 11.7 Å². The molecule has 0 saturated heterocycles. The van der Waals surface area contributed by atoms with Crippen molar-refractivity contribution in [1.29, 1.82) is 0 Å². The first kappa shape index (κ1) is 10.1. The summed E-state index contributed by atoms with van der Waals surface area (Å²) in [5.74, 6) is 0. The van der Waals surface area contributed by atoms with E-state index in [1.165, 1.54) is 25.7 Å². The van der Waals surface area contributed by atoms with E-state index < -0.39 is 0 Å². The van der Waals surface area contributed by atoms with Gasteiger partial charge in [-0.3, -0.25) is 4.79 Å². The van der Waals surface area contributed by atoms with Crippen molar-refractivity contribution in [3.8, 4) is 0 Å². The first-order valence-corrected chi connectivity index (χ1v) is 5.72. The van der Waals surface area contributed by atoms with Gasteiger partial charge >= 0.3 is 0 Å². The van der Waals surface area contributed by atoms with Crippen molar-refractivity contribution in [1.82, 2.24) is 0 Å². The van der Waals surface area contributed by atoms with Crippen molar-refractivity contribution in [3.63, 3.8) is 0 Å². The molecule has 0 spiro atoms. The van der Waals surface area contributed by atoms with Gasteiger partial charge in [-0.25, -0.2) is 0 Å². The minimum Gasteiger partial charge on any atom is -0.287 e. The second kappa shape index (κ2) is 5.63. The highest BCUT2D eigenvalue weighted by Gasteiger charge is 2.16. The maximum absolute atomic E-state index is 11.3. The van der Waals surface area contributed by atoms with Crippen molar-refractivity contribution in [2.75, 3.05) is 0 Å². The Morgan fingerprint density at radius 3 is 2.75 bits per heavy atom. The molecule has 0 aromatic heterocycles. The minimum atomic E-state index is 0.393. The third kappa shape index (κ3) is 3.61. The summed E-state index contributed by atoms with van der Waals surface area (Å²) in [6, 6.07) is 0. The lowest BCUT2D eigenvalue weighted by Gasteiger charge is -2.19. The first-order chi connectivity index (χ1) is 5.83. The van der Waals surface area contributed by atoms with E-state index in [1.807, 2.05) is 0 Å². The Balaban J connectivity index is 2.15. The molecule has 0 amide bonds. The molecule has 0 bridgehead atoms. The molecule has 1 nitrogen and oxygen atoms in total. The molecule has 1 saturated carbocycles. The van der Waals surface area contributed by atoms with E-state index in [0.29, 0.717) is 10.4 Å². The number of hydrogen-bond donors (Lipinski definition) is 0. The SMILES string of the molecule is CCCC(=O)SC1CC[CH]CC1. The standard InChI is InChI=1S/C10H17OS/c1-2-6-10(11)12-9-7-4-3-5-8-9/h3,9H,2,4-8H2,1H3. The number of carbonyl (C=O) groups excluding carboxylic acids is 1. The molecule has 0 aromatic carbocycles. The van der Waals surface area contributed by atoms with E-state index in [-0.39, 0.29) is 0 Å². The molecule has 1 fully saturated rings. The second-order valence-corrected chi connectivity index (χ2v) is 4.66. The molecular formula is C10H17OS. The summed E-state index contributed by atoms with van der Waals surface area (Å²) < 4.78 is 0. The van der Waals surface area contributed by atoms with Gasteiger partial charge in [0.25, 0.3) is 0 Å². The van der Waals surface area contributed by atoms with Gasteiger partial charge in [-0.15, -0.1) is 0 Å². The molecule has 69 valence electrons. The predicted octanol–water partition coefficient (Wildman–Crippen LogP) is 3.19. The summed E-state index contributed by atoms with van der Waals surface area (Å²) in [6.45, 7) is 2.06. The number of thioether (sulfide) groups is 1. The highest BCUT2D eigenvalue weighted by atomic mass is 32.2. The second-order valence-electron chi connectivity index (χ2n) is 3.31. The van der Waals surface area contributed by atoms with E-state index in [2.05, 4.69) is 13.3 Å². The Kier molecular flexibility index (Phi) is 4.74. The van der Waals surface area contributed by atoms with Crippen LogP contribution in [0.5, 0.6) is 0 Å². The highest BCUT2D eigenvalue weighted by Crippen LogP contribution is 2.28. The molecule has 0 aliphatic heterocycles. The molecular weight excluding hydrogens is 168 g/mol. The van der Waals surface area contributed by atoms with Gasteiger partial charge in [0.05, 0.1) is 0 Å². The molecule has 0 heterocycles. The van der Waals surface area contributed by atoms with Gasteiger partial charge in [0.1, 0.15) is 0 Å². The quantitative estimate of drug-likeness (QED) is 0.671. The summed E-state index contributed by atoms with van der Waals surface area (Å²) in [6.07, 6.45) is 8.91. The van der Waals surface area contributed by atoms with Gasteiger partial charge in [0.2, 0.25) is 0 Å². The molecule has 1 aliphatic carbocycles. The van der Waals surface area contributed by atoms with Crippen molar-refractivity contribution < 1.29 is 4.79 Å². The van der Waals surface area contributed by atoms with Crippen LogP contribution in [-0.4, -0.2) is 10.4 Å². The Labute approximate surface area is 79.3 Å². The molecule has 0 aromatic rings. The van der Waals surface area contributed by atoms with E-state index >= 15 is 0 Å². The Bertz CT molecular complexity index is 139. The molecule has 0 N–H and O–H groups in total. The van der Waals surface area contributed by atoms with Crippen LogP contribution in [0.15, 0.2) is 0 Å². The van der Waals surface area contributed by atoms with Gasteiger partial charge in [-0.1, -0.05) is 18.7 Å². The molecule has 1 rings (SSSR count). The molecule has 0 atom stereocenters. The maximum Gasteiger partial charge on any atom is 0.189 e. The van der Waals surface area contributed by atoms with Crippen molar-refractivity contribution in [2.45, 2.75) is 50.7 Å². The highest BCUT2D eigenvalue weighted by molar-refractivity contribution is 8.14. The zero-order chi connectivity index (χ0) is 8.81. The van der Waals surface area contributed by atoms with Crippen LogP contribution in [0, 0.1) is 6.42 Å². The predicted molar refractivity (Wildman–Crippen MR) is 54.1 cm³/mol. The number of rotatable bonds is 3. The van der Waals surface area contributed by atoms with E-state index in [4.69, 9.17) is 0 Å². The summed E-state index contributed by atoms with van der Waals surface area (Å²) in [5.41, 5.74) is 0. The zero-order valence-corrected chi connectivity index (χ0v) is 8.53. The van der Waals surface area contributed by atoms with E-state index in [0.717, 1.165) is 12.8 Å². The lowest BCUT2D eigenvalue weighted by molar-refractivity contribution is -0.111. The van der Waals surface area contributed by atoms with E-state index in [9.17, 15) is 4.79 Å². The number of hydrogen-bond acceptors (Lipinski definition) is 2. The normalized spacial score (nSPS) is 19.4. The average molecular weight is 185 g/mol. The third-order valence-electron chi connectivity index (χ3n) is 2.14. The van der Waals surface area contributed by atoms with Crippen LogP contribution in [-0.2, 0) is 4.79 Å². The zero-order valence-electron chi connectivity index (χ0n) is 7.71. The van der Waals surface area contributed by atoms with Gasteiger partial charge in [-0.05, 0) is 38.5 Å². The van der Waals surface area contributed by atoms with Gasteiger partial charge in [0.15, 0.2) is 5.12 Å². The first-order valence-electron chi connectivity index (χ1n) is 4.84. The van der Waals surface area contributed by atoms with Gasteiger partial charge in [-0.2, -0.15) is 0 Å². The fourth-order valence-corrected chi connectivity index (χ4v) is 2.66. The topological polar surface area (TPSA) is 17.1 Å². The fraction of sp³-hybridized carbons (Fsp3) is 0.800. The number of carbonyl (C=O) groups is 1. The van der Waals surface area contributed by atoms with Crippen LogP contribution < -0.4 is 0 Å². The summed E-state index contributed by atoms with van der Waals surface area (Å²) >= 11 is 1.59. The minimum absolute atomic E-state index is 0.393.